The highest BCUT2D eigenvalue weighted by Gasteiger charge is 2.05. The zero-order chi connectivity index (χ0) is 12.3. The van der Waals surface area contributed by atoms with E-state index in [0.717, 1.165) is 5.69 Å². The van der Waals surface area contributed by atoms with Gasteiger partial charge in [-0.1, -0.05) is 0 Å². The predicted molar refractivity (Wildman–Crippen MR) is 63.3 cm³/mol. The third-order valence-electron chi connectivity index (χ3n) is 2.50. The van der Waals surface area contributed by atoms with Crippen molar-refractivity contribution in [1.29, 1.82) is 0 Å². The lowest BCUT2D eigenvalue weighted by atomic mass is 10.3. The van der Waals surface area contributed by atoms with Crippen molar-refractivity contribution in [3.8, 4) is 5.75 Å². The topological polar surface area (TPSA) is 27.1 Å². The molecule has 0 N–H and O–H groups in total. The quantitative estimate of drug-likeness (QED) is 0.812. The summed E-state index contributed by atoms with van der Waals surface area (Å²) in [5.41, 5.74) is 1.00. The number of imidazole rings is 1. The van der Waals surface area contributed by atoms with Crippen molar-refractivity contribution in [2.75, 3.05) is 0 Å². The molecule has 1 aromatic heterocycles. The van der Waals surface area contributed by atoms with Crippen LogP contribution >= 0.6 is 0 Å². The Bertz CT molecular complexity index is 476. The van der Waals surface area contributed by atoms with Gasteiger partial charge >= 0.3 is 0 Å². The number of hydrogen-bond donors (Lipinski definition) is 0. The Morgan fingerprint density at radius 3 is 2.65 bits per heavy atom. The van der Waals surface area contributed by atoms with Crippen molar-refractivity contribution >= 4 is 0 Å². The van der Waals surface area contributed by atoms with Crippen molar-refractivity contribution in [1.82, 2.24) is 9.55 Å². The highest BCUT2D eigenvalue weighted by Crippen LogP contribution is 2.15. The Hall–Kier alpha value is -1.84. The average Bonchev–Trinajstić information content (AvgIpc) is 2.76. The van der Waals surface area contributed by atoms with Crippen LogP contribution in [0.3, 0.4) is 0 Å². The minimum Gasteiger partial charge on any atom is -0.487 e. The maximum Gasteiger partial charge on any atom is 0.130 e. The predicted octanol–water partition coefficient (Wildman–Crippen LogP) is 3.18. The summed E-state index contributed by atoms with van der Waals surface area (Å²) in [6, 6.07) is 6.35. The molecule has 0 saturated carbocycles. The van der Waals surface area contributed by atoms with Crippen molar-refractivity contribution in [3.05, 3.63) is 48.3 Å². The fourth-order valence-electron chi connectivity index (χ4n) is 1.60. The molecule has 1 aromatic carbocycles. The summed E-state index contributed by atoms with van der Waals surface area (Å²) in [6.07, 6.45) is 3.57. The van der Waals surface area contributed by atoms with Gasteiger partial charge in [0.05, 0.1) is 18.2 Å². The molecule has 3 nitrogen and oxygen atoms in total. The van der Waals surface area contributed by atoms with Crippen LogP contribution in [0.2, 0.25) is 0 Å². The number of ether oxygens (including phenoxy) is 1. The van der Waals surface area contributed by atoms with E-state index in [0.29, 0.717) is 18.4 Å². The van der Waals surface area contributed by atoms with Gasteiger partial charge in [-0.25, -0.2) is 9.37 Å². The highest BCUT2D eigenvalue weighted by molar-refractivity contribution is 5.22. The summed E-state index contributed by atoms with van der Waals surface area (Å²) in [5, 5.41) is 0. The second-order valence-corrected chi connectivity index (χ2v) is 4.13. The van der Waals surface area contributed by atoms with E-state index in [1.165, 1.54) is 12.1 Å². The first-order valence-electron chi connectivity index (χ1n) is 5.56. The van der Waals surface area contributed by atoms with Crippen molar-refractivity contribution in [3.63, 3.8) is 0 Å². The average molecular weight is 234 g/mol. The van der Waals surface area contributed by atoms with Crippen LogP contribution in [0.4, 0.5) is 4.39 Å². The van der Waals surface area contributed by atoms with Crippen LogP contribution in [0.25, 0.3) is 0 Å². The molecule has 0 amide bonds. The molecule has 0 aliphatic carbocycles. The largest absolute Gasteiger partial charge is 0.487 e. The van der Waals surface area contributed by atoms with Crippen LogP contribution in [0.1, 0.15) is 25.6 Å². The Balaban J connectivity index is 2.02. The molecule has 0 radical (unpaired) electrons. The highest BCUT2D eigenvalue weighted by atomic mass is 19.1. The van der Waals surface area contributed by atoms with Crippen molar-refractivity contribution in [2.24, 2.45) is 0 Å². The van der Waals surface area contributed by atoms with Gasteiger partial charge < -0.3 is 9.30 Å². The van der Waals surface area contributed by atoms with Gasteiger partial charge in [0, 0.05) is 6.04 Å². The summed E-state index contributed by atoms with van der Waals surface area (Å²) < 4.78 is 20.3. The first-order chi connectivity index (χ1) is 8.16. The normalized spacial score (nSPS) is 10.8. The minimum atomic E-state index is -0.260. The zero-order valence-electron chi connectivity index (χ0n) is 9.93. The van der Waals surface area contributed by atoms with Gasteiger partial charge in [-0.15, -0.1) is 0 Å². The summed E-state index contributed by atoms with van der Waals surface area (Å²) in [7, 11) is 0. The zero-order valence-corrected chi connectivity index (χ0v) is 9.93. The molecule has 0 unspecified atom stereocenters. The van der Waals surface area contributed by atoms with Gasteiger partial charge in [-0.05, 0) is 38.1 Å². The third-order valence-corrected chi connectivity index (χ3v) is 2.50. The minimum absolute atomic E-state index is 0.260. The Kier molecular flexibility index (Phi) is 3.42. The van der Waals surface area contributed by atoms with E-state index in [-0.39, 0.29) is 5.82 Å². The van der Waals surface area contributed by atoms with Gasteiger partial charge in [0.25, 0.3) is 0 Å². The second kappa shape index (κ2) is 4.99. The second-order valence-electron chi connectivity index (χ2n) is 4.13. The van der Waals surface area contributed by atoms with E-state index in [9.17, 15) is 4.39 Å². The van der Waals surface area contributed by atoms with Crippen LogP contribution < -0.4 is 4.74 Å². The van der Waals surface area contributed by atoms with Gasteiger partial charge in [-0.3, -0.25) is 0 Å². The molecule has 4 heteroatoms. The molecule has 0 fully saturated rings. The molecule has 0 bridgehead atoms. The summed E-state index contributed by atoms with van der Waals surface area (Å²) in [6.45, 7) is 4.61. The lowest BCUT2D eigenvalue weighted by Gasteiger charge is -2.12. The molecule has 0 aliphatic heterocycles. The molecule has 0 spiro atoms. The lowest BCUT2D eigenvalue weighted by Crippen LogP contribution is -2.07. The Labute approximate surface area is 99.9 Å². The van der Waals surface area contributed by atoms with Crippen molar-refractivity contribution < 1.29 is 9.13 Å². The molecule has 0 saturated heterocycles. The van der Waals surface area contributed by atoms with Crippen LogP contribution in [-0.2, 0) is 6.61 Å². The molecule has 0 aliphatic rings. The smallest absolute Gasteiger partial charge is 0.130 e. The molecule has 1 heterocycles. The van der Waals surface area contributed by atoms with Gasteiger partial charge in [-0.2, -0.15) is 0 Å². The lowest BCUT2D eigenvalue weighted by molar-refractivity contribution is 0.291. The molecular formula is C13H15FN2O. The van der Waals surface area contributed by atoms with Crippen LogP contribution in [0.5, 0.6) is 5.75 Å². The number of rotatable bonds is 4. The summed E-state index contributed by atoms with van der Waals surface area (Å²) in [4.78, 5) is 4.09. The number of benzene rings is 1. The summed E-state index contributed by atoms with van der Waals surface area (Å²) >= 11 is 0. The SMILES string of the molecule is CC(C)n1cncc1COc1ccc(F)cc1. The molecular weight excluding hydrogens is 219 g/mol. The number of hydrogen-bond acceptors (Lipinski definition) is 2. The molecule has 2 aromatic rings. The van der Waals surface area contributed by atoms with Gasteiger partial charge in [0.2, 0.25) is 0 Å². The maximum atomic E-state index is 12.7. The Morgan fingerprint density at radius 2 is 2.00 bits per heavy atom. The van der Waals surface area contributed by atoms with Gasteiger partial charge in [0.1, 0.15) is 18.2 Å². The van der Waals surface area contributed by atoms with Crippen molar-refractivity contribution in [2.45, 2.75) is 26.5 Å². The standard InChI is InChI=1S/C13H15FN2O/c1-10(2)16-9-15-7-12(16)8-17-13-5-3-11(14)4-6-13/h3-7,9-10H,8H2,1-2H3. The number of nitrogens with zero attached hydrogens (tertiary/aromatic N) is 2. The molecule has 90 valence electrons. The van der Waals surface area contributed by atoms with E-state index in [4.69, 9.17) is 4.74 Å². The first kappa shape index (κ1) is 11.6. The van der Waals surface area contributed by atoms with Crippen LogP contribution in [0.15, 0.2) is 36.8 Å². The van der Waals surface area contributed by atoms with E-state index >= 15 is 0 Å². The Morgan fingerprint density at radius 1 is 1.29 bits per heavy atom. The number of halogens is 1. The summed E-state index contributed by atoms with van der Waals surface area (Å²) in [5.74, 6) is 0.396. The molecule has 2 rings (SSSR count). The molecule has 17 heavy (non-hydrogen) atoms. The number of aromatic nitrogens is 2. The molecule has 0 atom stereocenters. The van der Waals surface area contributed by atoms with Crippen LogP contribution in [0, 0.1) is 5.82 Å². The first-order valence-corrected chi connectivity index (χ1v) is 5.56. The van der Waals surface area contributed by atoms with E-state index in [1.54, 1.807) is 24.7 Å². The van der Waals surface area contributed by atoms with Gasteiger partial charge in [0.15, 0.2) is 0 Å². The van der Waals surface area contributed by atoms with Crippen LogP contribution in [-0.4, -0.2) is 9.55 Å². The fourth-order valence-corrected chi connectivity index (χ4v) is 1.60. The maximum absolute atomic E-state index is 12.7. The third kappa shape index (κ3) is 2.84. The van der Waals surface area contributed by atoms with E-state index in [1.807, 2.05) is 4.57 Å². The monoisotopic (exact) mass is 234 g/mol. The van der Waals surface area contributed by atoms with E-state index in [2.05, 4.69) is 18.8 Å². The fraction of sp³-hybridized carbons (Fsp3) is 0.308. The van der Waals surface area contributed by atoms with E-state index < -0.39 is 0 Å².